The molecule has 4 nitrogen and oxygen atoms in total. The Morgan fingerprint density at radius 2 is 1.72 bits per heavy atom. The smallest absolute Gasteiger partial charge is 0.259 e. The van der Waals surface area contributed by atoms with Crippen LogP contribution in [0.5, 0.6) is 0 Å². The van der Waals surface area contributed by atoms with Crippen molar-refractivity contribution in [1.29, 1.82) is 0 Å². The summed E-state index contributed by atoms with van der Waals surface area (Å²) in [5, 5.41) is 7.28. The van der Waals surface area contributed by atoms with E-state index in [1.54, 1.807) is 6.21 Å². The van der Waals surface area contributed by atoms with E-state index in [9.17, 15) is 4.79 Å². The van der Waals surface area contributed by atoms with E-state index in [4.69, 9.17) is 0 Å². The summed E-state index contributed by atoms with van der Waals surface area (Å²) in [6.45, 7) is 10.9. The zero-order valence-electron chi connectivity index (χ0n) is 17.8. The van der Waals surface area contributed by atoms with Crippen molar-refractivity contribution in [3.8, 4) is 11.1 Å². The summed E-state index contributed by atoms with van der Waals surface area (Å²) in [7, 11) is 0. The second-order valence-corrected chi connectivity index (χ2v) is 7.90. The van der Waals surface area contributed by atoms with Gasteiger partial charge in [-0.05, 0) is 72.7 Å². The molecule has 0 aromatic heterocycles. The number of benzene rings is 1. The van der Waals surface area contributed by atoms with Gasteiger partial charge in [0.25, 0.3) is 5.91 Å². The van der Waals surface area contributed by atoms with Crippen molar-refractivity contribution in [1.82, 2.24) is 5.43 Å². The quantitative estimate of drug-likeness (QED) is 0.439. The third-order valence-electron chi connectivity index (χ3n) is 5.15. The predicted molar refractivity (Wildman–Crippen MR) is 122 cm³/mol. The molecule has 0 bridgehead atoms. The number of hydrazone groups is 1. The number of nitrogens with one attached hydrogen (secondary N) is 2. The lowest BCUT2D eigenvalue weighted by Gasteiger charge is -2.05. The van der Waals surface area contributed by atoms with Gasteiger partial charge in [0.05, 0.1) is 12.8 Å². The van der Waals surface area contributed by atoms with E-state index in [1.807, 2.05) is 31.2 Å². The Morgan fingerprint density at radius 3 is 2.41 bits per heavy atom. The average molecular weight is 388 g/mol. The highest BCUT2D eigenvalue weighted by molar-refractivity contribution is 5.96. The molecule has 0 heterocycles. The van der Waals surface area contributed by atoms with Gasteiger partial charge < -0.3 is 5.32 Å². The molecular formula is C25H29N3O. The average Bonchev–Trinajstić information content (AvgIpc) is 2.87. The summed E-state index contributed by atoms with van der Waals surface area (Å²) in [6.07, 6.45) is 1.74. The number of hydrogen-bond donors (Lipinski definition) is 2. The molecule has 0 spiro atoms. The van der Waals surface area contributed by atoms with Crippen LogP contribution in [0.4, 0.5) is 5.69 Å². The van der Waals surface area contributed by atoms with E-state index in [1.165, 1.54) is 33.4 Å². The largest absolute Gasteiger partial charge is 0.376 e. The van der Waals surface area contributed by atoms with Gasteiger partial charge >= 0.3 is 0 Å². The Hall–Kier alpha value is -3.14. The lowest BCUT2D eigenvalue weighted by molar-refractivity contribution is -0.119. The summed E-state index contributed by atoms with van der Waals surface area (Å²) in [6, 6.07) is 16.7. The van der Waals surface area contributed by atoms with Gasteiger partial charge in [0.2, 0.25) is 0 Å². The van der Waals surface area contributed by atoms with E-state index in [-0.39, 0.29) is 12.5 Å². The molecule has 1 aromatic rings. The first-order valence-electron chi connectivity index (χ1n) is 10.0. The lowest BCUT2D eigenvalue weighted by Crippen LogP contribution is -2.25. The molecule has 2 N–H and O–H groups in total. The van der Waals surface area contributed by atoms with Crippen molar-refractivity contribution in [2.45, 2.75) is 40.5 Å². The Kier molecular flexibility index (Phi) is 6.32. The van der Waals surface area contributed by atoms with Crippen LogP contribution < -0.4 is 10.7 Å². The molecule has 1 amide bonds. The van der Waals surface area contributed by atoms with Crippen molar-refractivity contribution in [3.05, 3.63) is 76.3 Å². The Morgan fingerprint density at radius 1 is 1.00 bits per heavy atom. The zero-order chi connectivity index (χ0) is 21.0. The maximum Gasteiger partial charge on any atom is 0.259 e. The second-order valence-electron chi connectivity index (χ2n) is 7.90. The maximum atomic E-state index is 12.1. The highest BCUT2D eigenvalue weighted by atomic mass is 16.2. The standard InChI is InChI=1S/C25H29N3O/c1-16(2)20-9-8-18(4)25-21(12-19(5)23(25)13-20)14-27-28-24(29)15-26-22-10-6-17(3)7-11-22/h6-14,16,26H,15H2,1-5H3,(H,28,29)/b27-14+. The summed E-state index contributed by atoms with van der Waals surface area (Å²) in [5.41, 5.74) is 11.9. The van der Waals surface area contributed by atoms with Crippen molar-refractivity contribution >= 4 is 17.8 Å². The molecule has 2 aliphatic rings. The minimum atomic E-state index is -0.182. The summed E-state index contributed by atoms with van der Waals surface area (Å²) < 4.78 is 0. The van der Waals surface area contributed by atoms with Crippen LogP contribution in [0.15, 0.2) is 53.6 Å². The van der Waals surface area contributed by atoms with E-state index in [2.05, 4.69) is 67.8 Å². The molecule has 4 heteroatoms. The molecule has 150 valence electrons. The number of carbonyl (C=O) groups is 1. The van der Waals surface area contributed by atoms with Gasteiger partial charge in [-0.25, -0.2) is 5.43 Å². The summed E-state index contributed by atoms with van der Waals surface area (Å²) >= 11 is 0. The monoisotopic (exact) mass is 387 g/mol. The minimum Gasteiger partial charge on any atom is -0.376 e. The number of rotatable bonds is 6. The number of hydrogen-bond acceptors (Lipinski definition) is 3. The van der Waals surface area contributed by atoms with Crippen molar-refractivity contribution in [2.24, 2.45) is 5.10 Å². The van der Waals surface area contributed by atoms with Gasteiger partial charge in [-0.15, -0.1) is 0 Å². The zero-order valence-corrected chi connectivity index (χ0v) is 17.8. The van der Waals surface area contributed by atoms with Gasteiger partial charge in [0, 0.05) is 11.3 Å². The van der Waals surface area contributed by atoms with E-state index in [0.29, 0.717) is 5.92 Å². The molecule has 0 aliphatic heterocycles. The molecule has 0 atom stereocenters. The molecule has 0 saturated carbocycles. The molecule has 29 heavy (non-hydrogen) atoms. The third-order valence-corrected chi connectivity index (χ3v) is 5.15. The maximum absolute atomic E-state index is 12.1. The summed E-state index contributed by atoms with van der Waals surface area (Å²) in [5.74, 6) is 0.288. The van der Waals surface area contributed by atoms with Crippen LogP contribution in [0.3, 0.4) is 0 Å². The molecule has 0 unspecified atom stereocenters. The van der Waals surface area contributed by atoms with E-state index < -0.39 is 0 Å². The minimum absolute atomic E-state index is 0.174. The fourth-order valence-corrected chi connectivity index (χ4v) is 3.41. The fraction of sp³-hybridized carbons (Fsp3) is 0.280. The number of carbonyl (C=O) groups excluding carboxylic acids is 1. The second kappa shape index (κ2) is 8.91. The van der Waals surface area contributed by atoms with Crippen LogP contribution in [0.25, 0.3) is 11.1 Å². The normalized spacial score (nSPS) is 11.4. The van der Waals surface area contributed by atoms with Crippen LogP contribution in [-0.4, -0.2) is 18.7 Å². The number of fused-ring (bicyclic) bond motifs is 1. The first kappa shape index (κ1) is 20.6. The molecule has 2 aliphatic carbocycles. The van der Waals surface area contributed by atoms with Crippen LogP contribution in [0.2, 0.25) is 0 Å². The van der Waals surface area contributed by atoms with Crippen molar-refractivity contribution in [2.75, 3.05) is 11.9 Å². The number of anilines is 1. The molecule has 1 aromatic carbocycles. The molecule has 0 saturated heterocycles. The predicted octanol–water partition coefficient (Wildman–Crippen LogP) is 5.40. The van der Waals surface area contributed by atoms with E-state index >= 15 is 0 Å². The van der Waals surface area contributed by atoms with Gasteiger partial charge in [-0.3, -0.25) is 4.79 Å². The van der Waals surface area contributed by atoms with Gasteiger partial charge in [0.1, 0.15) is 0 Å². The number of nitrogens with zero attached hydrogens (tertiary/aromatic N) is 1. The van der Waals surface area contributed by atoms with Crippen molar-refractivity contribution in [3.63, 3.8) is 0 Å². The van der Waals surface area contributed by atoms with E-state index in [0.717, 1.165) is 11.3 Å². The topological polar surface area (TPSA) is 53.5 Å². The Labute approximate surface area is 173 Å². The fourth-order valence-electron chi connectivity index (χ4n) is 3.41. The molecule has 0 radical (unpaired) electrons. The van der Waals surface area contributed by atoms with Crippen LogP contribution in [0.1, 0.15) is 47.6 Å². The Bertz CT molecular complexity index is 1000. The molecule has 0 fully saturated rings. The van der Waals surface area contributed by atoms with Crippen LogP contribution >= 0.6 is 0 Å². The highest BCUT2D eigenvalue weighted by Crippen LogP contribution is 2.35. The SMILES string of the molecule is Cc1ccc(NCC(=O)N/N=C/c2cc(C)c3cc(C(C)C)ccc(C)c2-3)cc1. The third kappa shape index (κ3) is 5.02. The van der Waals surface area contributed by atoms with Crippen LogP contribution in [0, 0.1) is 20.8 Å². The number of aryl methyl sites for hydroxylation is 3. The van der Waals surface area contributed by atoms with Gasteiger partial charge in [-0.2, -0.15) is 5.10 Å². The molecular weight excluding hydrogens is 358 g/mol. The van der Waals surface area contributed by atoms with Gasteiger partial charge in [0.15, 0.2) is 0 Å². The first-order chi connectivity index (χ1) is 13.8. The highest BCUT2D eigenvalue weighted by Gasteiger charge is 2.15. The number of amides is 1. The van der Waals surface area contributed by atoms with Crippen LogP contribution in [-0.2, 0) is 4.79 Å². The van der Waals surface area contributed by atoms with Crippen molar-refractivity contribution < 1.29 is 4.79 Å². The van der Waals surface area contributed by atoms with Gasteiger partial charge in [-0.1, -0.05) is 49.7 Å². The first-order valence-corrected chi connectivity index (χ1v) is 10.0. The Balaban J connectivity index is 1.69. The summed E-state index contributed by atoms with van der Waals surface area (Å²) in [4.78, 5) is 12.1. The lowest BCUT2D eigenvalue weighted by atomic mass is 10.0. The molecule has 3 rings (SSSR count).